The predicted octanol–water partition coefficient (Wildman–Crippen LogP) is 1.14. The van der Waals surface area contributed by atoms with E-state index in [9.17, 15) is 0 Å². The smallest absolute Gasteiger partial charge is 0.0518 e. The largest absolute Gasteiger partial charge is 0.396 e. The molecule has 0 saturated heterocycles. The van der Waals surface area contributed by atoms with Crippen molar-refractivity contribution in [3.05, 3.63) is 21.9 Å². The van der Waals surface area contributed by atoms with Gasteiger partial charge in [-0.05, 0) is 19.1 Å². The van der Waals surface area contributed by atoms with E-state index in [0.717, 1.165) is 6.54 Å². The summed E-state index contributed by atoms with van der Waals surface area (Å²) in [7, 11) is 0. The van der Waals surface area contributed by atoms with E-state index in [1.165, 1.54) is 9.75 Å². The standard InChI is InChI=1S/C11H19NO2S/c1-9-3-4-10(15-9)5-12-6-11(2,7-13)8-14/h3-4,12-14H,5-8H2,1-2H3. The molecule has 1 heterocycles. The Balaban J connectivity index is 2.32. The van der Waals surface area contributed by atoms with Gasteiger partial charge in [0.05, 0.1) is 13.2 Å². The Morgan fingerprint density at radius 1 is 1.33 bits per heavy atom. The fraction of sp³-hybridized carbons (Fsp3) is 0.636. The summed E-state index contributed by atoms with van der Waals surface area (Å²) >= 11 is 1.77. The van der Waals surface area contributed by atoms with E-state index < -0.39 is 5.41 Å². The van der Waals surface area contributed by atoms with Gasteiger partial charge in [-0.1, -0.05) is 6.92 Å². The number of hydrogen-bond donors (Lipinski definition) is 3. The summed E-state index contributed by atoms with van der Waals surface area (Å²) < 4.78 is 0. The van der Waals surface area contributed by atoms with Crippen molar-refractivity contribution in [2.24, 2.45) is 5.41 Å². The van der Waals surface area contributed by atoms with Crippen molar-refractivity contribution >= 4 is 11.3 Å². The highest BCUT2D eigenvalue weighted by molar-refractivity contribution is 7.11. The monoisotopic (exact) mass is 229 g/mol. The topological polar surface area (TPSA) is 52.5 Å². The van der Waals surface area contributed by atoms with E-state index in [4.69, 9.17) is 10.2 Å². The Morgan fingerprint density at radius 2 is 2.00 bits per heavy atom. The SMILES string of the molecule is Cc1ccc(CNCC(C)(CO)CO)s1. The van der Waals surface area contributed by atoms with Gasteiger partial charge in [-0.3, -0.25) is 0 Å². The Labute approximate surface area is 94.8 Å². The highest BCUT2D eigenvalue weighted by Crippen LogP contribution is 2.16. The molecule has 0 fully saturated rings. The van der Waals surface area contributed by atoms with Crippen LogP contribution in [0.5, 0.6) is 0 Å². The molecule has 0 radical (unpaired) electrons. The third-order valence-electron chi connectivity index (χ3n) is 2.41. The fourth-order valence-corrected chi connectivity index (χ4v) is 2.09. The highest BCUT2D eigenvalue weighted by Gasteiger charge is 2.21. The van der Waals surface area contributed by atoms with Crippen molar-refractivity contribution < 1.29 is 10.2 Å². The Bertz CT molecular complexity index is 295. The molecule has 0 unspecified atom stereocenters. The number of aliphatic hydroxyl groups is 2. The van der Waals surface area contributed by atoms with Crippen LogP contribution in [0.1, 0.15) is 16.7 Å². The van der Waals surface area contributed by atoms with Gasteiger partial charge in [-0.15, -0.1) is 11.3 Å². The van der Waals surface area contributed by atoms with Crippen LogP contribution in [-0.2, 0) is 6.54 Å². The fourth-order valence-electron chi connectivity index (χ4n) is 1.23. The first-order valence-electron chi connectivity index (χ1n) is 5.07. The second-order valence-electron chi connectivity index (χ2n) is 4.24. The molecular formula is C11H19NO2S. The van der Waals surface area contributed by atoms with E-state index in [-0.39, 0.29) is 13.2 Å². The van der Waals surface area contributed by atoms with Crippen LogP contribution in [0.15, 0.2) is 12.1 Å². The molecule has 86 valence electrons. The number of aliphatic hydroxyl groups excluding tert-OH is 2. The van der Waals surface area contributed by atoms with Crippen molar-refractivity contribution in [1.82, 2.24) is 5.32 Å². The molecule has 0 spiro atoms. The molecule has 0 saturated carbocycles. The van der Waals surface area contributed by atoms with Crippen LogP contribution >= 0.6 is 11.3 Å². The first-order valence-corrected chi connectivity index (χ1v) is 5.89. The Hall–Kier alpha value is -0.420. The molecule has 15 heavy (non-hydrogen) atoms. The molecule has 3 nitrogen and oxygen atoms in total. The van der Waals surface area contributed by atoms with Gasteiger partial charge >= 0.3 is 0 Å². The molecule has 4 heteroatoms. The quantitative estimate of drug-likeness (QED) is 0.685. The molecule has 0 aliphatic heterocycles. The van der Waals surface area contributed by atoms with Gasteiger partial charge in [-0.25, -0.2) is 0 Å². The maximum atomic E-state index is 9.09. The number of hydrogen-bond acceptors (Lipinski definition) is 4. The maximum absolute atomic E-state index is 9.09. The first-order chi connectivity index (χ1) is 7.09. The Morgan fingerprint density at radius 3 is 2.47 bits per heavy atom. The average Bonchev–Trinajstić information content (AvgIpc) is 2.64. The summed E-state index contributed by atoms with van der Waals surface area (Å²) in [6.45, 7) is 5.37. The zero-order chi connectivity index (χ0) is 11.3. The lowest BCUT2D eigenvalue weighted by molar-refractivity contribution is 0.0696. The normalized spacial score (nSPS) is 12.0. The van der Waals surface area contributed by atoms with E-state index in [2.05, 4.69) is 24.4 Å². The third kappa shape index (κ3) is 3.91. The highest BCUT2D eigenvalue weighted by atomic mass is 32.1. The molecule has 0 aliphatic rings. The van der Waals surface area contributed by atoms with Crippen molar-refractivity contribution in [1.29, 1.82) is 0 Å². The number of rotatable bonds is 6. The summed E-state index contributed by atoms with van der Waals surface area (Å²) in [6.07, 6.45) is 0. The summed E-state index contributed by atoms with van der Waals surface area (Å²) in [5.41, 5.74) is -0.424. The summed E-state index contributed by atoms with van der Waals surface area (Å²) in [6, 6.07) is 4.20. The average molecular weight is 229 g/mol. The maximum Gasteiger partial charge on any atom is 0.0518 e. The van der Waals surface area contributed by atoms with Crippen LogP contribution in [0.25, 0.3) is 0 Å². The molecule has 0 amide bonds. The summed E-state index contributed by atoms with van der Waals surface area (Å²) in [4.78, 5) is 2.59. The van der Waals surface area contributed by atoms with Crippen LogP contribution < -0.4 is 5.32 Å². The molecule has 0 aromatic carbocycles. The summed E-state index contributed by atoms with van der Waals surface area (Å²) in [5, 5.41) is 21.4. The molecule has 0 aliphatic carbocycles. The number of aryl methyl sites for hydroxylation is 1. The minimum Gasteiger partial charge on any atom is -0.396 e. The van der Waals surface area contributed by atoms with Crippen molar-refractivity contribution in [2.75, 3.05) is 19.8 Å². The van der Waals surface area contributed by atoms with Crippen LogP contribution in [0.3, 0.4) is 0 Å². The van der Waals surface area contributed by atoms with Crippen molar-refractivity contribution in [3.63, 3.8) is 0 Å². The third-order valence-corrected chi connectivity index (χ3v) is 3.41. The Kier molecular flexibility index (Phi) is 4.73. The zero-order valence-electron chi connectivity index (χ0n) is 9.29. The minimum absolute atomic E-state index is 0.0000315. The predicted molar refractivity (Wildman–Crippen MR) is 63.0 cm³/mol. The lowest BCUT2D eigenvalue weighted by Gasteiger charge is -2.24. The molecular weight excluding hydrogens is 210 g/mol. The van der Waals surface area contributed by atoms with Gasteiger partial charge in [0.15, 0.2) is 0 Å². The lowest BCUT2D eigenvalue weighted by atomic mass is 9.93. The van der Waals surface area contributed by atoms with E-state index in [1.807, 2.05) is 6.92 Å². The second-order valence-corrected chi connectivity index (χ2v) is 5.62. The molecule has 3 N–H and O–H groups in total. The second kappa shape index (κ2) is 5.61. The van der Waals surface area contributed by atoms with Crippen LogP contribution in [-0.4, -0.2) is 30.0 Å². The lowest BCUT2D eigenvalue weighted by Crippen LogP contribution is -2.37. The van der Waals surface area contributed by atoms with Gasteiger partial charge in [0.1, 0.15) is 0 Å². The van der Waals surface area contributed by atoms with Crippen molar-refractivity contribution in [2.45, 2.75) is 20.4 Å². The molecule has 1 aromatic heterocycles. The number of nitrogens with one attached hydrogen (secondary N) is 1. The van der Waals surface area contributed by atoms with E-state index >= 15 is 0 Å². The molecule has 1 aromatic rings. The molecule has 0 bridgehead atoms. The molecule has 1 rings (SSSR count). The van der Waals surface area contributed by atoms with E-state index in [0.29, 0.717) is 6.54 Å². The van der Waals surface area contributed by atoms with Gasteiger partial charge in [0, 0.05) is 28.3 Å². The van der Waals surface area contributed by atoms with E-state index in [1.54, 1.807) is 11.3 Å². The minimum atomic E-state index is -0.424. The number of thiophene rings is 1. The van der Waals surface area contributed by atoms with Crippen LogP contribution in [0.2, 0.25) is 0 Å². The van der Waals surface area contributed by atoms with Gasteiger partial charge < -0.3 is 15.5 Å². The van der Waals surface area contributed by atoms with Gasteiger partial charge in [0.2, 0.25) is 0 Å². The van der Waals surface area contributed by atoms with Crippen LogP contribution in [0.4, 0.5) is 0 Å². The van der Waals surface area contributed by atoms with Gasteiger partial charge in [0.25, 0.3) is 0 Å². The van der Waals surface area contributed by atoms with Crippen LogP contribution in [0, 0.1) is 12.3 Å². The molecule has 0 atom stereocenters. The summed E-state index contributed by atoms with van der Waals surface area (Å²) in [5.74, 6) is 0. The zero-order valence-corrected chi connectivity index (χ0v) is 10.1. The van der Waals surface area contributed by atoms with Gasteiger partial charge in [-0.2, -0.15) is 0 Å². The van der Waals surface area contributed by atoms with Crippen molar-refractivity contribution in [3.8, 4) is 0 Å². The first kappa shape index (κ1) is 12.6.